The van der Waals surface area contributed by atoms with Gasteiger partial charge in [-0.3, -0.25) is 9.52 Å². The van der Waals surface area contributed by atoms with Gasteiger partial charge in [0.1, 0.15) is 0 Å². The molecule has 18 heavy (non-hydrogen) atoms. The van der Waals surface area contributed by atoms with Crippen molar-refractivity contribution in [1.82, 2.24) is 0 Å². The minimum absolute atomic E-state index is 0.146. The molecule has 0 saturated heterocycles. The molecule has 1 amide bonds. The van der Waals surface area contributed by atoms with Crippen molar-refractivity contribution in [3.63, 3.8) is 0 Å². The van der Waals surface area contributed by atoms with E-state index in [1.165, 1.54) is 0 Å². The predicted octanol–water partition coefficient (Wildman–Crippen LogP) is 2.02. The topological polar surface area (TPSA) is 75.3 Å². The Labute approximate surface area is 112 Å². The second-order valence-electron chi connectivity index (χ2n) is 3.80. The maximum absolute atomic E-state index is 11.5. The summed E-state index contributed by atoms with van der Waals surface area (Å²) in [7, 11) is -3.32. The molecule has 2 N–H and O–H groups in total. The zero-order chi connectivity index (χ0) is 13.6. The average Bonchev–Trinajstić information content (AvgIpc) is 2.24. The Kier molecular flexibility index (Phi) is 5.43. The second-order valence-corrected chi connectivity index (χ2v) is 5.92. The molecule has 1 aromatic rings. The van der Waals surface area contributed by atoms with E-state index in [0.29, 0.717) is 30.1 Å². The molecule has 0 saturated carbocycles. The summed E-state index contributed by atoms with van der Waals surface area (Å²) in [6.45, 7) is 0. The van der Waals surface area contributed by atoms with Crippen LogP contribution in [0.25, 0.3) is 0 Å². The van der Waals surface area contributed by atoms with Gasteiger partial charge in [-0.15, -0.1) is 11.6 Å². The molecule has 0 heterocycles. The van der Waals surface area contributed by atoms with Crippen LogP contribution < -0.4 is 10.0 Å². The van der Waals surface area contributed by atoms with E-state index in [1.807, 2.05) is 0 Å². The molecule has 5 nitrogen and oxygen atoms in total. The monoisotopic (exact) mass is 290 g/mol. The van der Waals surface area contributed by atoms with Crippen molar-refractivity contribution in [2.24, 2.45) is 0 Å². The number of nitrogens with one attached hydrogen (secondary N) is 2. The van der Waals surface area contributed by atoms with Crippen LogP contribution >= 0.6 is 11.6 Å². The smallest absolute Gasteiger partial charge is 0.229 e. The van der Waals surface area contributed by atoms with E-state index in [0.717, 1.165) is 6.26 Å². The van der Waals surface area contributed by atoms with Gasteiger partial charge >= 0.3 is 0 Å². The van der Waals surface area contributed by atoms with E-state index >= 15 is 0 Å². The summed E-state index contributed by atoms with van der Waals surface area (Å²) >= 11 is 5.49. The van der Waals surface area contributed by atoms with Crippen LogP contribution in [0.15, 0.2) is 24.3 Å². The molecular formula is C11H15ClN2O3S. The fourth-order valence-corrected chi connectivity index (χ4v) is 2.01. The van der Waals surface area contributed by atoms with Gasteiger partial charge in [0, 0.05) is 18.0 Å². The van der Waals surface area contributed by atoms with E-state index in [2.05, 4.69) is 10.0 Å². The zero-order valence-corrected chi connectivity index (χ0v) is 11.5. The van der Waals surface area contributed by atoms with Gasteiger partial charge in [-0.2, -0.15) is 0 Å². The predicted molar refractivity (Wildman–Crippen MR) is 73.5 cm³/mol. The number of anilines is 2. The Morgan fingerprint density at radius 2 is 2.00 bits per heavy atom. The molecule has 1 rings (SSSR count). The highest BCUT2D eigenvalue weighted by atomic mass is 35.5. The molecule has 7 heteroatoms. The highest BCUT2D eigenvalue weighted by Crippen LogP contribution is 2.16. The standard InChI is InChI=1S/C11H15ClN2O3S/c1-18(16,17)14-10-5-2-4-9(8-10)13-11(15)6-3-7-12/h2,4-5,8,14H,3,6-7H2,1H3,(H,13,15). The van der Waals surface area contributed by atoms with Crippen molar-refractivity contribution in [2.75, 3.05) is 22.2 Å². The Hall–Kier alpha value is -1.27. The number of hydrogen-bond acceptors (Lipinski definition) is 3. The van der Waals surface area contributed by atoms with Gasteiger partial charge in [0.05, 0.1) is 11.9 Å². The van der Waals surface area contributed by atoms with Crippen LogP contribution in [-0.2, 0) is 14.8 Å². The van der Waals surface area contributed by atoms with Crippen molar-refractivity contribution < 1.29 is 13.2 Å². The van der Waals surface area contributed by atoms with Crippen LogP contribution in [0.3, 0.4) is 0 Å². The van der Waals surface area contributed by atoms with Gasteiger partial charge < -0.3 is 5.32 Å². The lowest BCUT2D eigenvalue weighted by Crippen LogP contribution is -2.12. The van der Waals surface area contributed by atoms with Crippen LogP contribution in [0, 0.1) is 0 Å². The van der Waals surface area contributed by atoms with Gasteiger partial charge in [-0.25, -0.2) is 8.42 Å². The third kappa shape index (κ3) is 5.88. The number of sulfonamides is 1. The normalized spacial score (nSPS) is 11.0. The molecule has 0 spiro atoms. The first-order chi connectivity index (χ1) is 8.40. The minimum atomic E-state index is -3.32. The van der Waals surface area contributed by atoms with E-state index < -0.39 is 10.0 Å². The van der Waals surface area contributed by atoms with E-state index in [4.69, 9.17) is 11.6 Å². The number of carbonyl (C=O) groups is 1. The zero-order valence-electron chi connectivity index (χ0n) is 9.94. The van der Waals surface area contributed by atoms with Crippen LogP contribution in [0.1, 0.15) is 12.8 Å². The lowest BCUT2D eigenvalue weighted by atomic mass is 10.2. The van der Waals surface area contributed by atoms with E-state index in [-0.39, 0.29) is 5.91 Å². The van der Waals surface area contributed by atoms with Crippen LogP contribution in [-0.4, -0.2) is 26.5 Å². The second kappa shape index (κ2) is 6.61. The summed E-state index contributed by atoms with van der Waals surface area (Å²) in [5.41, 5.74) is 0.955. The molecule has 0 aliphatic carbocycles. The third-order valence-electron chi connectivity index (χ3n) is 1.99. The summed E-state index contributed by atoms with van der Waals surface area (Å²) in [6, 6.07) is 6.51. The molecule has 0 fully saturated rings. The first kappa shape index (κ1) is 14.8. The third-order valence-corrected chi connectivity index (χ3v) is 2.86. The summed E-state index contributed by atoms with van der Waals surface area (Å²) < 4.78 is 24.5. The Bertz CT molecular complexity index is 517. The average molecular weight is 291 g/mol. The maximum atomic E-state index is 11.5. The SMILES string of the molecule is CS(=O)(=O)Nc1cccc(NC(=O)CCCCl)c1. The Morgan fingerprint density at radius 3 is 2.61 bits per heavy atom. The molecule has 0 atom stereocenters. The van der Waals surface area contributed by atoms with Gasteiger partial charge in [-0.1, -0.05) is 6.07 Å². The van der Waals surface area contributed by atoms with Crippen LogP contribution in [0.4, 0.5) is 11.4 Å². The Morgan fingerprint density at radius 1 is 1.33 bits per heavy atom. The number of carbonyl (C=O) groups excluding carboxylic acids is 1. The number of amides is 1. The largest absolute Gasteiger partial charge is 0.326 e. The summed E-state index contributed by atoms with van der Waals surface area (Å²) in [5, 5.41) is 2.67. The highest BCUT2D eigenvalue weighted by molar-refractivity contribution is 7.92. The molecule has 0 aliphatic heterocycles. The van der Waals surface area contributed by atoms with E-state index in [1.54, 1.807) is 24.3 Å². The van der Waals surface area contributed by atoms with Gasteiger partial charge in [0.2, 0.25) is 15.9 Å². The number of benzene rings is 1. The number of rotatable bonds is 6. The van der Waals surface area contributed by atoms with Crippen molar-refractivity contribution in [3.05, 3.63) is 24.3 Å². The summed E-state index contributed by atoms with van der Waals surface area (Å²) in [6.07, 6.45) is 2.01. The minimum Gasteiger partial charge on any atom is -0.326 e. The number of hydrogen-bond donors (Lipinski definition) is 2. The van der Waals surface area contributed by atoms with Gasteiger partial charge in [-0.05, 0) is 24.6 Å². The Balaban J connectivity index is 2.68. The molecule has 0 bridgehead atoms. The van der Waals surface area contributed by atoms with Crippen LogP contribution in [0.5, 0.6) is 0 Å². The lowest BCUT2D eigenvalue weighted by Gasteiger charge is -2.08. The molecule has 0 unspecified atom stereocenters. The fraction of sp³-hybridized carbons (Fsp3) is 0.364. The first-order valence-corrected chi connectivity index (χ1v) is 7.77. The fourth-order valence-electron chi connectivity index (χ4n) is 1.33. The van der Waals surface area contributed by atoms with Crippen molar-refractivity contribution in [3.8, 4) is 0 Å². The summed E-state index contributed by atoms with van der Waals surface area (Å²) in [4.78, 5) is 11.5. The molecule has 0 aliphatic rings. The van der Waals surface area contributed by atoms with Crippen LogP contribution in [0.2, 0.25) is 0 Å². The molecule has 100 valence electrons. The highest BCUT2D eigenvalue weighted by Gasteiger charge is 2.05. The molecule has 0 aromatic heterocycles. The summed E-state index contributed by atoms with van der Waals surface area (Å²) in [5.74, 6) is 0.287. The molecule has 0 radical (unpaired) electrons. The van der Waals surface area contributed by atoms with Gasteiger partial charge in [0.25, 0.3) is 0 Å². The molecular weight excluding hydrogens is 276 g/mol. The number of halogens is 1. The van der Waals surface area contributed by atoms with Gasteiger partial charge in [0.15, 0.2) is 0 Å². The first-order valence-electron chi connectivity index (χ1n) is 5.34. The number of alkyl halides is 1. The molecule has 1 aromatic carbocycles. The maximum Gasteiger partial charge on any atom is 0.229 e. The van der Waals surface area contributed by atoms with Crippen molar-refractivity contribution >= 4 is 38.9 Å². The van der Waals surface area contributed by atoms with Crippen molar-refractivity contribution in [2.45, 2.75) is 12.8 Å². The van der Waals surface area contributed by atoms with E-state index in [9.17, 15) is 13.2 Å². The lowest BCUT2D eigenvalue weighted by molar-refractivity contribution is -0.116. The quantitative estimate of drug-likeness (QED) is 0.787. The van der Waals surface area contributed by atoms with Crippen molar-refractivity contribution in [1.29, 1.82) is 0 Å².